The summed E-state index contributed by atoms with van der Waals surface area (Å²) in [6.07, 6.45) is 0. The van der Waals surface area contributed by atoms with Gasteiger partial charge in [0.15, 0.2) is 0 Å². The molecular weight excluding hydrogens is 184 g/mol. The molecule has 15 heavy (non-hydrogen) atoms. The molecule has 1 aromatic rings. The van der Waals surface area contributed by atoms with E-state index in [4.69, 9.17) is 0 Å². The molecule has 2 bridgehead atoms. The molecule has 0 aromatic heterocycles. The number of piperazine rings is 1. The predicted molar refractivity (Wildman–Crippen MR) is 61.6 cm³/mol. The van der Waals surface area contributed by atoms with Crippen molar-refractivity contribution >= 4 is 0 Å². The Balaban J connectivity index is 1.71. The molecule has 3 atom stereocenters. The van der Waals surface area contributed by atoms with E-state index in [9.17, 15) is 0 Å². The number of hydrogen-bond donors (Lipinski definition) is 1. The van der Waals surface area contributed by atoms with Crippen LogP contribution in [0.4, 0.5) is 0 Å². The van der Waals surface area contributed by atoms with Crippen molar-refractivity contribution in [1.29, 1.82) is 0 Å². The molecule has 3 rings (SSSR count). The molecule has 2 nitrogen and oxygen atoms in total. The lowest BCUT2D eigenvalue weighted by atomic mass is 10.0. The Kier molecular flexibility index (Phi) is 2.26. The summed E-state index contributed by atoms with van der Waals surface area (Å²) in [6.45, 7) is 5.90. The predicted octanol–water partition coefficient (Wildman–Crippen LogP) is 1.48. The van der Waals surface area contributed by atoms with Gasteiger partial charge < -0.3 is 5.32 Å². The second-order valence-corrected chi connectivity index (χ2v) is 4.86. The number of hydrogen-bond acceptors (Lipinski definition) is 2. The van der Waals surface area contributed by atoms with Gasteiger partial charge in [0.1, 0.15) is 0 Å². The SMILES string of the molecule is C[C@@H]1[C@@H]2CN(Cc3ccccc3)[C@H]1CN2. The fourth-order valence-electron chi connectivity index (χ4n) is 2.99. The highest BCUT2D eigenvalue weighted by Gasteiger charge is 2.43. The van der Waals surface area contributed by atoms with E-state index in [1.165, 1.54) is 18.7 Å². The van der Waals surface area contributed by atoms with Crippen LogP contribution in [0.1, 0.15) is 12.5 Å². The molecule has 2 saturated heterocycles. The average Bonchev–Trinajstić information content (AvgIpc) is 2.75. The Morgan fingerprint density at radius 1 is 1.33 bits per heavy atom. The minimum Gasteiger partial charge on any atom is -0.311 e. The Hall–Kier alpha value is -0.860. The van der Waals surface area contributed by atoms with Crippen LogP contribution in [0.25, 0.3) is 0 Å². The number of nitrogens with zero attached hydrogens (tertiary/aromatic N) is 1. The molecule has 1 aromatic carbocycles. The molecule has 0 aliphatic carbocycles. The number of nitrogens with one attached hydrogen (secondary N) is 1. The van der Waals surface area contributed by atoms with Gasteiger partial charge in [0, 0.05) is 31.7 Å². The van der Waals surface area contributed by atoms with E-state index in [1.807, 2.05) is 0 Å². The molecule has 2 fully saturated rings. The van der Waals surface area contributed by atoms with Crippen LogP contribution in [0.5, 0.6) is 0 Å². The van der Waals surface area contributed by atoms with Crippen molar-refractivity contribution < 1.29 is 0 Å². The summed E-state index contributed by atoms with van der Waals surface area (Å²) >= 11 is 0. The Labute approximate surface area is 91.3 Å². The minimum atomic E-state index is 0.735. The normalized spacial score (nSPS) is 34.9. The molecule has 2 aliphatic heterocycles. The molecule has 0 radical (unpaired) electrons. The van der Waals surface area contributed by atoms with Crippen molar-refractivity contribution in [3.8, 4) is 0 Å². The molecule has 0 unspecified atom stereocenters. The molecule has 2 heterocycles. The highest BCUT2D eigenvalue weighted by Crippen LogP contribution is 2.30. The lowest BCUT2D eigenvalue weighted by molar-refractivity contribution is 0.210. The molecular formula is C13H18N2. The van der Waals surface area contributed by atoms with Crippen molar-refractivity contribution in [2.24, 2.45) is 5.92 Å². The van der Waals surface area contributed by atoms with Crippen molar-refractivity contribution in [3.63, 3.8) is 0 Å². The van der Waals surface area contributed by atoms with E-state index in [0.717, 1.165) is 24.5 Å². The van der Waals surface area contributed by atoms with Crippen LogP contribution < -0.4 is 5.32 Å². The fraction of sp³-hybridized carbons (Fsp3) is 0.538. The Morgan fingerprint density at radius 3 is 2.73 bits per heavy atom. The summed E-state index contributed by atoms with van der Waals surface area (Å²) in [5.41, 5.74) is 1.44. The summed E-state index contributed by atoms with van der Waals surface area (Å²) in [5, 5.41) is 3.58. The maximum absolute atomic E-state index is 3.58. The van der Waals surface area contributed by atoms with Gasteiger partial charge in [0.2, 0.25) is 0 Å². The van der Waals surface area contributed by atoms with E-state index in [0.29, 0.717) is 0 Å². The number of rotatable bonds is 2. The Bertz CT molecular complexity index is 336. The Morgan fingerprint density at radius 2 is 2.13 bits per heavy atom. The molecule has 80 valence electrons. The van der Waals surface area contributed by atoms with Gasteiger partial charge in [-0.3, -0.25) is 4.90 Å². The first-order chi connectivity index (χ1) is 7.34. The smallest absolute Gasteiger partial charge is 0.0265 e. The zero-order valence-corrected chi connectivity index (χ0v) is 9.19. The van der Waals surface area contributed by atoms with E-state index in [-0.39, 0.29) is 0 Å². The van der Waals surface area contributed by atoms with Gasteiger partial charge >= 0.3 is 0 Å². The van der Waals surface area contributed by atoms with Gasteiger partial charge in [0.05, 0.1) is 0 Å². The maximum atomic E-state index is 3.58. The third-order valence-corrected chi connectivity index (χ3v) is 3.96. The van der Waals surface area contributed by atoms with Crippen LogP contribution in [0.15, 0.2) is 30.3 Å². The van der Waals surface area contributed by atoms with Crippen LogP contribution in [-0.4, -0.2) is 30.1 Å². The topological polar surface area (TPSA) is 15.3 Å². The molecule has 1 N–H and O–H groups in total. The average molecular weight is 202 g/mol. The van der Waals surface area contributed by atoms with Crippen molar-refractivity contribution in [2.75, 3.05) is 13.1 Å². The molecule has 0 spiro atoms. The van der Waals surface area contributed by atoms with E-state index < -0.39 is 0 Å². The second-order valence-electron chi connectivity index (χ2n) is 4.86. The molecule has 2 heteroatoms. The largest absolute Gasteiger partial charge is 0.311 e. The first kappa shape index (κ1) is 9.37. The third kappa shape index (κ3) is 1.58. The van der Waals surface area contributed by atoms with Crippen LogP contribution in [0.3, 0.4) is 0 Å². The van der Waals surface area contributed by atoms with Crippen LogP contribution in [0.2, 0.25) is 0 Å². The second kappa shape index (κ2) is 3.62. The highest BCUT2D eigenvalue weighted by atomic mass is 15.3. The first-order valence-electron chi connectivity index (χ1n) is 5.86. The summed E-state index contributed by atoms with van der Waals surface area (Å²) in [7, 11) is 0. The minimum absolute atomic E-state index is 0.735. The van der Waals surface area contributed by atoms with Gasteiger partial charge in [-0.05, 0) is 11.5 Å². The standard InChI is InChI=1S/C13H18N2/c1-10-12-9-15(13(10)7-14-12)8-11-5-3-2-4-6-11/h2-6,10,12-14H,7-9H2,1H3/t10-,12+,13+/m1/s1. The van der Waals surface area contributed by atoms with Crippen molar-refractivity contribution in [2.45, 2.75) is 25.6 Å². The zero-order chi connectivity index (χ0) is 10.3. The number of benzene rings is 1. The molecule has 2 aliphatic rings. The summed E-state index contributed by atoms with van der Waals surface area (Å²) in [4.78, 5) is 2.63. The third-order valence-electron chi connectivity index (χ3n) is 3.96. The van der Waals surface area contributed by atoms with Gasteiger partial charge in [-0.15, -0.1) is 0 Å². The van der Waals surface area contributed by atoms with E-state index in [1.54, 1.807) is 0 Å². The van der Waals surface area contributed by atoms with Gasteiger partial charge in [-0.2, -0.15) is 0 Å². The van der Waals surface area contributed by atoms with Crippen molar-refractivity contribution in [3.05, 3.63) is 35.9 Å². The summed E-state index contributed by atoms with van der Waals surface area (Å²) in [6, 6.07) is 12.3. The highest BCUT2D eigenvalue weighted by molar-refractivity contribution is 5.16. The monoisotopic (exact) mass is 202 g/mol. The van der Waals surface area contributed by atoms with Gasteiger partial charge in [-0.1, -0.05) is 37.3 Å². The van der Waals surface area contributed by atoms with Crippen LogP contribution in [-0.2, 0) is 6.54 Å². The van der Waals surface area contributed by atoms with Gasteiger partial charge in [-0.25, -0.2) is 0 Å². The number of fused-ring (bicyclic) bond motifs is 2. The van der Waals surface area contributed by atoms with Gasteiger partial charge in [0.25, 0.3) is 0 Å². The van der Waals surface area contributed by atoms with Crippen LogP contribution in [0, 0.1) is 5.92 Å². The number of likely N-dealkylation sites (tertiary alicyclic amines) is 1. The fourth-order valence-corrected chi connectivity index (χ4v) is 2.99. The quantitative estimate of drug-likeness (QED) is 0.781. The summed E-state index contributed by atoms with van der Waals surface area (Å²) < 4.78 is 0. The lowest BCUT2D eigenvalue weighted by Crippen LogP contribution is -2.42. The van der Waals surface area contributed by atoms with Crippen molar-refractivity contribution in [1.82, 2.24) is 10.2 Å². The van der Waals surface area contributed by atoms with E-state index >= 15 is 0 Å². The maximum Gasteiger partial charge on any atom is 0.0265 e. The zero-order valence-electron chi connectivity index (χ0n) is 9.19. The molecule has 0 amide bonds. The van der Waals surface area contributed by atoms with E-state index in [2.05, 4.69) is 47.5 Å². The summed E-state index contributed by atoms with van der Waals surface area (Å²) in [5.74, 6) is 0.828. The molecule has 0 saturated carbocycles. The van der Waals surface area contributed by atoms with Crippen LogP contribution >= 0.6 is 0 Å². The lowest BCUT2D eigenvalue weighted by Gasteiger charge is -2.27. The first-order valence-corrected chi connectivity index (χ1v) is 5.86.